The van der Waals surface area contributed by atoms with Crippen molar-refractivity contribution in [1.29, 1.82) is 0 Å². The van der Waals surface area contributed by atoms with Crippen molar-refractivity contribution in [3.05, 3.63) is 60.2 Å². The predicted molar refractivity (Wildman–Crippen MR) is 87.5 cm³/mol. The zero-order chi connectivity index (χ0) is 15.2. The van der Waals surface area contributed by atoms with Crippen LogP contribution in [0.5, 0.6) is 5.75 Å². The Balaban J connectivity index is 2.25. The third kappa shape index (κ3) is 3.60. The average molecular weight is 280 g/mol. The molecule has 0 fully saturated rings. The molecule has 1 N–H and O–H groups in total. The van der Waals surface area contributed by atoms with E-state index < -0.39 is 0 Å². The maximum absolute atomic E-state index is 12.0. The molecule has 0 aromatic heterocycles. The number of hydrogen-bond donors (Lipinski definition) is 1. The van der Waals surface area contributed by atoms with Crippen molar-refractivity contribution >= 4 is 11.9 Å². The van der Waals surface area contributed by atoms with E-state index in [9.17, 15) is 9.90 Å². The summed E-state index contributed by atoms with van der Waals surface area (Å²) >= 11 is 0. The standard InChI is InChI=1S/C19H20O2/c1-3-5-6-18(20)17-12-11-16(13-19(17)21)15-9-7-14(4-2)8-10-15/h4,7-13,21H,2-3,5-6H2,1H3. The minimum absolute atomic E-state index is 0.00269. The van der Waals surface area contributed by atoms with Gasteiger partial charge in [-0.3, -0.25) is 4.79 Å². The molecule has 0 radical (unpaired) electrons. The van der Waals surface area contributed by atoms with Crippen molar-refractivity contribution in [2.24, 2.45) is 0 Å². The maximum atomic E-state index is 12.0. The Kier molecular flexibility index (Phi) is 4.94. The van der Waals surface area contributed by atoms with Crippen LogP contribution in [0.15, 0.2) is 49.0 Å². The van der Waals surface area contributed by atoms with Gasteiger partial charge in [0.25, 0.3) is 0 Å². The van der Waals surface area contributed by atoms with E-state index in [1.807, 2.05) is 37.3 Å². The van der Waals surface area contributed by atoms with Gasteiger partial charge in [0.05, 0.1) is 5.56 Å². The molecule has 0 atom stereocenters. The Labute approximate surface area is 125 Å². The van der Waals surface area contributed by atoms with E-state index in [-0.39, 0.29) is 11.5 Å². The molecule has 0 aliphatic heterocycles. The van der Waals surface area contributed by atoms with Crippen molar-refractivity contribution in [2.75, 3.05) is 0 Å². The lowest BCUT2D eigenvalue weighted by Gasteiger charge is -2.07. The first kappa shape index (κ1) is 15.0. The number of ketones is 1. The molecule has 0 unspecified atom stereocenters. The molecule has 0 aliphatic rings. The highest BCUT2D eigenvalue weighted by Crippen LogP contribution is 2.28. The fraction of sp³-hybridized carbons (Fsp3) is 0.211. The van der Waals surface area contributed by atoms with Crippen LogP contribution in [0.2, 0.25) is 0 Å². The van der Waals surface area contributed by atoms with E-state index in [1.54, 1.807) is 18.2 Å². The zero-order valence-electron chi connectivity index (χ0n) is 12.3. The van der Waals surface area contributed by atoms with Gasteiger partial charge < -0.3 is 5.11 Å². The topological polar surface area (TPSA) is 37.3 Å². The maximum Gasteiger partial charge on any atom is 0.166 e. The molecular weight excluding hydrogens is 260 g/mol. The van der Waals surface area contributed by atoms with Gasteiger partial charge in [0.2, 0.25) is 0 Å². The molecule has 0 heterocycles. The SMILES string of the molecule is C=Cc1ccc(-c2ccc(C(=O)CCCC)c(O)c2)cc1. The molecule has 2 aromatic carbocycles. The molecule has 0 saturated carbocycles. The summed E-state index contributed by atoms with van der Waals surface area (Å²) in [6.45, 7) is 5.77. The number of carbonyl (C=O) groups excluding carboxylic acids is 1. The minimum Gasteiger partial charge on any atom is -0.507 e. The monoisotopic (exact) mass is 280 g/mol. The third-order valence-corrected chi connectivity index (χ3v) is 3.54. The van der Waals surface area contributed by atoms with Crippen LogP contribution in [0.1, 0.15) is 42.1 Å². The van der Waals surface area contributed by atoms with Crippen LogP contribution in [-0.4, -0.2) is 10.9 Å². The third-order valence-electron chi connectivity index (χ3n) is 3.54. The van der Waals surface area contributed by atoms with Gasteiger partial charge in [0, 0.05) is 6.42 Å². The van der Waals surface area contributed by atoms with Gasteiger partial charge in [0.15, 0.2) is 5.78 Å². The summed E-state index contributed by atoms with van der Waals surface area (Å²) in [5.41, 5.74) is 3.36. The molecule has 0 spiro atoms. The highest BCUT2D eigenvalue weighted by molar-refractivity contribution is 5.99. The van der Waals surface area contributed by atoms with E-state index in [0.717, 1.165) is 29.5 Å². The fourth-order valence-electron chi connectivity index (χ4n) is 2.23. The lowest BCUT2D eigenvalue weighted by molar-refractivity contribution is 0.0977. The number of carbonyl (C=O) groups is 1. The number of phenols is 1. The van der Waals surface area contributed by atoms with Gasteiger partial charge in [-0.15, -0.1) is 0 Å². The Morgan fingerprint density at radius 1 is 1.14 bits per heavy atom. The van der Waals surface area contributed by atoms with E-state index in [2.05, 4.69) is 6.58 Å². The summed E-state index contributed by atoms with van der Waals surface area (Å²) in [7, 11) is 0. The second-order valence-corrected chi connectivity index (χ2v) is 5.08. The predicted octanol–water partition coefficient (Wildman–Crippen LogP) is 5.08. The molecule has 21 heavy (non-hydrogen) atoms. The van der Waals surface area contributed by atoms with Gasteiger partial charge >= 0.3 is 0 Å². The van der Waals surface area contributed by atoms with Crippen LogP contribution in [0.25, 0.3) is 17.2 Å². The quantitative estimate of drug-likeness (QED) is 0.750. The first-order valence-corrected chi connectivity index (χ1v) is 7.24. The van der Waals surface area contributed by atoms with Crippen molar-refractivity contribution < 1.29 is 9.90 Å². The van der Waals surface area contributed by atoms with Gasteiger partial charge in [-0.05, 0) is 35.2 Å². The second kappa shape index (κ2) is 6.89. The normalized spacial score (nSPS) is 10.3. The largest absolute Gasteiger partial charge is 0.507 e. The van der Waals surface area contributed by atoms with Crippen molar-refractivity contribution in [3.8, 4) is 16.9 Å². The molecule has 0 saturated heterocycles. The minimum atomic E-state index is 0.00269. The molecule has 2 rings (SSSR count). The number of phenolic OH excluding ortho intramolecular Hbond substituents is 1. The summed E-state index contributed by atoms with van der Waals surface area (Å²) in [5, 5.41) is 10.1. The Morgan fingerprint density at radius 3 is 2.38 bits per heavy atom. The van der Waals surface area contributed by atoms with Crippen LogP contribution >= 0.6 is 0 Å². The summed E-state index contributed by atoms with van der Waals surface area (Å²) in [5.74, 6) is 0.0595. The second-order valence-electron chi connectivity index (χ2n) is 5.08. The molecular formula is C19H20O2. The van der Waals surface area contributed by atoms with Crippen LogP contribution < -0.4 is 0 Å². The van der Waals surface area contributed by atoms with Gasteiger partial charge in [-0.25, -0.2) is 0 Å². The van der Waals surface area contributed by atoms with E-state index in [0.29, 0.717) is 12.0 Å². The Morgan fingerprint density at radius 2 is 1.81 bits per heavy atom. The molecule has 2 heteroatoms. The average Bonchev–Trinajstić information content (AvgIpc) is 2.52. The molecule has 2 nitrogen and oxygen atoms in total. The van der Waals surface area contributed by atoms with E-state index in [1.165, 1.54) is 0 Å². The summed E-state index contributed by atoms with van der Waals surface area (Å²) in [6, 6.07) is 13.1. The number of benzene rings is 2. The molecule has 0 amide bonds. The number of Topliss-reactive ketones (excluding diaryl/α,β-unsaturated/α-hetero) is 1. The van der Waals surface area contributed by atoms with Crippen molar-refractivity contribution in [2.45, 2.75) is 26.2 Å². The molecule has 0 aliphatic carbocycles. The number of rotatable bonds is 6. The molecule has 0 bridgehead atoms. The highest BCUT2D eigenvalue weighted by Gasteiger charge is 2.11. The lowest BCUT2D eigenvalue weighted by atomic mass is 9.99. The highest BCUT2D eigenvalue weighted by atomic mass is 16.3. The van der Waals surface area contributed by atoms with Gasteiger partial charge in [-0.1, -0.05) is 56.3 Å². The summed E-state index contributed by atoms with van der Waals surface area (Å²) in [4.78, 5) is 12.0. The first-order chi connectivity index (χ1) is 10.2. The Hall–Kier alpha value is -2.35. The zero-order valence-corrected chi connectivity index (χ0v) is 12.3. The van der Waals surface area contributed by atoms with Crippen molar-refractivity contribution in [3.63, 3.8) is 0 Å². The Bertz CT molecular complexity index is 639. The fourth-order valence-corrected chi connectivity index (χ4v) is 2.23. The molecule has 2 aromatic rings. The van der Waals surface area contributed by atoms with Gasteiger partial charge in [0.1, 0.15) is 5.75 Å². The first-order valence-electron chi connectivity index (χ1n) is 7.24. The van der Waals surface area contributed by atoms with Gasteiger partial charge in [-0.2, -0.15) is 0 Å². The van der Waals surface area contributed by atoms with E-state index >= 15 is 0 Å². The van der Waals surface area contributed by atoms with Crippen LogP contribution in [-0.2, 0) is 0 Å². The smallest absolute Gasteiger partial charge is 0.166 e. The number of unbranched alkanes of at least 4 members (excludes halogenated alkanes) is 1. The summed E-state index contributed by atoms with van der Waals surface area (Å²) < 4.78 is 0. The number of aromatic hydroxyl groups is 1. The van der Waals surface area contributed by atoms with E-state index in [4.69, 9.17) is 0 Å². The van der Waals surface area contributed by atoms with Crippen LogP contribution in [0, 0.1) is 0 Å². The number of hydrogen-bond acceptors (Lipinski definition) is 2. The summed E-state index contributed by atoms with van der Waals surface area (Å²) in [6.07, 6.45) is 4.09. The lowest BCUT2D eigenvalue weighted by Crippen LogP contribution is -1.99. The molecule has 108 valence electrons. The van der Waals surface area contributed by atoms with Crippen LogP contribution in [0.3, 0.4) is 0 Å². The van der Waals surface area contributed by atoms with Crippen molar-refractivity contribution in [1.82, 2.24) is 0 Å². The van der Waals surface area contributed by atoms with Crippen LogP contribution in [0.4, 0.5) is 0 Å².